The van der Waals surface area contributed by atoms with Gasteiger partial charge in [0.05, 0.1) is 24.7 Å². The Bertz CT molecular complexity index is 730. The number of hydrogen-bond donors (Lipinski definition) is 3. The molecule has 1 saturated heterocycles. The number of rotatable bonds is 9. The summed E-state index contributed by atoms with van der Waals surface area (Å²) in [6.45, 7) is 2.35. The highest BCUT2D eigenvalue weighted by Crippen LogP contribution is 2.29. The van der Waals surface area contributed by atoms with E-state index < -0.39 is 22.0 Å². The summed E-state index contributed by atoms with van der Waals surface area (Å²) in [7, 11) is -3.80. The fourth-order valence-electron chi connectivity index (χ4n) is 2.84. The van der Waals surface area contributed by atoms with Crippen LogP contribution >= 0.6 is 0 Å². The molecule has 1 aliphatic heterocycles. The number of nitrogens with one attached hydrogen (secondary N) is 2. The molecule has 1 atom stereocenters. The van der Waals surface area contributed by atoms with Crippen molar-refractivity contribution in [3.8, 4) is 5.75 Å². The summed E-state index contributed by atoms with van der Waals surface area (Å²) in [5.74, 6) is 0.583. The topological polar surface area (TPSA) is 117 Å². The van der Waals surface area contributed by atoms with Crippen molar-refractivity contribution in [2.24, 2.45) is 5.92 Å². The van der Waals surface area contributed by atoms with Crippen molar-refractivity contribution >= 4 is 15.9 Å². The third kappa shape index (κ3) is 5.63. The maximum atomic E-state index is 12.5. The normalized spacial score (nSPS) is 19.4. The van der Waals surface area contributed by atoms with Gasteiger partial charge < -0.3 is 9.47 Å². The molecule has 0 unspecified atom stereocenters. The standard InChI is InChI=1S/C17H25N3O6S/c21-17(19-22)16(20-7-9-25-10-8-20)11-18-27(23,24)15-5-3-14(4-6-15)26-12-13-1-2-13/h3-6,13,16,18,22H,1-2,7-12H2,(H,19,21)/t16-/m0/s1. The number of morpholine rings is 1. The van der Waals surface area contributed by atoms with E-state index in [0.717, 1.165) is 0 Å². The SMILES string of the molecule is O=C(NO)[C@H](CNS(=O)(=O)c1ccc(OCC2CC2)cc1)N1CCOCC1. The van der Waals surface area contributed by atoms with Gasteiger partial charge in [-0.1, -0.05) is 0 Å². The van der Waals surface area contributed by atoms with Gasteiger partial charge in [0.15, 0.2) is 0 Å². The van der Waals surface area contributed by atoms with E-state index in [9.17, 15) is 13.2 Å². The number of sulfonamides is 1. The fraction of sp³-hybridized carbons (Fsp3) is 0.588. The molecule has 0 aromatic heterocycles. The zero-order valence-electron chi connectivity index (χ0n) is 15.0. The Labute approximate surface area is 158 Å². The summed E-state index contributed by atoms with van der Waals surface area (Å²) >= 11 is 0. The van der Waals surface area contributed by atoms with Crippen LogP contribution in [0.25, 0.3) is 0 Å². The third-order valence-corrected chi connectivity index (χ3v) is 6.12. The van der Waals surface area contributed by atoms with Gasteiger partial charge in [-0.25, -0.2) is 18.6 Å². The number of ether oxygens (including phenoxy) is 2. The predicted molar refractivity (Wildman–Crippen MR) is 96.0 cm³/mol. The molecule has 1 saturated carbocycles. The van der Waals surface area contributed by atoms with Gasteiger partial charge in [0.25, 0.3) is 5.91 Å². The van der Waals surface area contributed by atoms with Crippen LogP contribution in [0.15, 0.2) is 29.2 Å². The van der Waals surface area contributed by atoms with E-state index in [-0.39, 0.29) is 11.4 Å². The van der Waals surface area contributed by atoms with Crippen LogP contribution < -0.4 is 14.9 Å². The highest BCUT2D eigenvalue weighted by atomic mass is 32.2. The lowest BCUT2D eigenvalue weighted by molar-refractivity contribution is -0.136. The van der Waals surface area contributed by atoms with Gasteiger partial charge in [-0.15, -0.1) is 0 Å². The first kappa shape index (κ1) is 20.0. The zero-order chi connectivity index (χ0) is 19.3. The minimum absolute atomic E-state index is 0.0893. The van der Waals surface area contributed by atoms with Crippen molar-refractivity contribution in [2.75, 3.05) is 39.5 Å². The Morgan fingerprint density at radius 3 is 2.52 bits per heavy atom. The Morgan fingerprint density at radius 1 is 1.26 bits per heavy atom. The Hall–Kier alpha value is -1.72. The van der Waals surface area contributed by atoms with Gasteiger partial charge in [0.2, 0.25) is 10.0 Å². The summed E-state index contributed by atoms with van der Waals surface area (Å²) in [6, 6.07) is 5.36. The second kappa shape index (κ2) is 8.98. The van der Waals surface area contributed by atoms with Crippen molar-refractivity contribution in [1.82, 2.24) is 15.1 Å². The predicted octanol–water partition coefficient (Wildman–Crippen LogP) is -0.0401. The van der Waals surface area contributed by atoms with Gasteiger partial charge in [-0.2, -0.15) is 0 Å². The maximum Gasteiger partial charge on any atom is 0.262 e. The first-order valence-corrected chi connectivity index (χ1v) is 10.5. The minimum Gasteiger partial charge on any atom is -0.493 e. The molecule has 1 aromatic rings. The molecule has 150 valence electrons. The molecule has 27 heavy (non-hydrogen) atoms. The molecule has 1 amide bonds. The number of benzene rings is 1. The minimum atomic E-state index is -3.80. The second-order valence-electron chi connectivity index (χ2n) is 6.72. The fourth-order valence-corrected chi connectivity index (χ4v) is 3.88. The van der Waals surface area contributed by atoms with Crippen LogP contribution in [0.4, 0.5) is 0 Å². The molecule has 1 aromatic carbocycles. The maximum absolute atomic E-state index is 12.5. The van der Waals surface area contributed by atoms with E-state index in [1.807, 2.05) is 0 Å². The smallest absolute Gasteiger partial charge is 0.262 e. The van der Waals surface area contributed by atoms with Gasteiger partial charge in [-0.05, 0) is 43.0 Å². The molecule has 0 radical (unpaired) electrons. The highest BCUT2D eigenvalue weighted by Gasteiger charge is 2.29. The van der Waals surface area contributed by atoms with E-state index in [1.54, 1.807) is 22.5 Å². The molecule has 0 bridgehead atoms. The van der Waals surface area contributed by atoms with Crippen molar-refractivity contribution in [3.63, 3.8) is 0 Å². The van der Waals surface area contributed by atoms with Crippen LogP contribution in [0.1, 0.15) is 12.8 Å². The highest BCUT2D eigenvalue weighted by molar-refractivity contribution is 7.89. The molecule has 2 aliphatic rings. The average molecular weight is 399 g/mol. The summed E-state index contributed by atoms with van der Waals surface area (Å²) in [4.78, 5) is 13.8. The van der Waals surface area contributed by atoms with Crippen LogP contribution in [-0.2, 0) is 19.6 Å². The first-order valence-electron chi connectivity index (χ1n) is 8.98. The first-order chi connectivity index (χ1) is 13.0. The Morgan fingerprint density at radius 2 is 1.93 bits per heavy atom. The van der Waals surface area contributed by atoms with Crippen LogP contribution in [0, 0.1) is 5.92 Å². The largest absolute Gasteiger partial charge is 0.493 e. The number of hydrogen-bond acceptors (Lipinski definition) is 7. The van der Waals surface area contributed by atoms with Gasteiger partial charge in [0.1, 0.15) is 11.8 Å². The van der Waals surface area contributed by atoms with Crippen LogP contribution in [0.5, 0.6) is 5.75 Å². The summed E-state index contributed by atoms with van der Waals surface area (Å²) in [6.07, 6.45) is 2.37. The van der Waals surface area contributed by atoms with E-state index in [4.69, 9.17) is 14.7 Å². The number of carbonyl (C=O) groups excluding carboxylic acids is 1. The van der Waals surface area contributed by atoms with E-state index in [2.05, 4.69) is 4.72 Å². The van der Waals surface area contributed by atoms with E-state index in [0.29, 0.717) is 44.6 Å². The quantitative estimate of drug-likeness (QED) is 0.394. The van der Waals surface area contributed by atoms with Gasteiger partial charge in [-0.3, -0.25) is 14.9 Å². The lowest BCUT2D eigenvalue weighted by Crippen LogP contribution is -2.55. The molecular weight excluding hydrogens is 374 g/mol. The second-order valence-corrected chi connectivity index (χ2v) is 8.48. The van der Waals surface area contributed by atoms with Gasteiger partial charge >= 0.3 is 0 Å². The Kier molecular flexibility index (Phi) is 6.66. The van der Waals surface area contributed by atoms with Crippen molar-refractivity contribution in [3.05, 3.63) is 24.3 Å². The lowest BCUT2D eigenvalue weighted by Gasteiger charge is -2.32. The van der Waals surface area contributed by atoms with E-state index in [1.165, 1.54) is 25.0 Å². The van der Waals surface area contributed by atoms with Crippen LogP contribution in [-0.4, -0.2) is 69.9 Å². The van der Waals surface area contributed by atoms with Crippen molar-refractivity contribution < 1.29 is 27.9 Å². The summed E-state index contributed by atoms with van der Waals surface area (Å²) < 4.78 is 38.3. The molecule has 3 rings (SSSR count). The summed E-state index contributed by atoms with van der Waals surface area (Å²) in [5, 5.41) is 8.96. The number of carbonyl (C=O) groups is 1. The molecule has 0 spiro atoms. The Balaban J connectivity index is 1.60. The molecule has 10 heteroatoms. The molecule has 2 fully saturated rings. The number of nitrogens with zero attached hydrogens (tertiary/aromatic N) is 1. The molecule has 1 aliphatic carbocycles. The zero-order valence-corrected chi connectivity index (χ0v) is 15.8. The van der Waals surface area contributed by atoms with Gasteiger partial charge in [0, 0.05) is 19.6 Å². The monoisotopic (exact) mass is 399 g/mol. The molecule has 9 nitrogen and oxygen atoms in total. The van der Waals surface area contributed by atoms with Crippen LogP contribution in [0.2, 0.25) is 0 Å². The van der Waals surface area contributed by atoms with Crippen molar-refractivity contribution in [2.45, 2.75) is 23.8 Å². The number of hydroxylamine groups is 1. The summed E-state index contributed by atoms with van der Waals surface area (Å²) in [5.41, 5.74) is 1.60. The molecule has 1 heterocycles. The third-order valence-electron chi connectivity index (χ3n) is 4.68. The molecule has 3 N–H and O–H groups in total. The number of amides is 1. The van der Waals surface area contributed by atoms with Crippen molar-refractivity contribution in [1.29, 1.82) is 0 Å². The lowest BCUT2D eigenvalue weighted by atomic mass is 10.2. The van der Waals surface area contributed by atoms with E-state index >= 15 is 0 Å². The molecular formula is C17H25N3O6S. The average Bonchev–Trinajstić information content (AvgIpc) is 3.52. The van der Waals surface area contributed by atoms with Crippen LogP contribution in [0.3, 0.4) is 0 Å².